The van der Waals surface area contributed by atoms with E-state index >= 15 is 0 Å². The summed E-state index contributed by atoms with van der Waals surface area (Å²) in [6.45, 7) is 4.75. The maximum atomic E-state index is 13.4. The van der Waals surface area contributed by atoms with E-state index in [0.717, 1.165) is 5.56 Å². The topological polar surface area (TPSA) is 68.6 Å². The molecule has 0 N–H and O–H groups in total. The number of hydrogen-bond acceptors (Lipinski definition) is 5. The maximum Gasteiger partial charge on any atom is 0.268 e. The third-order valence-electron chi connectivity index (χ3n) is 5.01. The van der Waals surface area contributed by atoms with E-state index in [9.17, 15) is 12.6 Å². The van der Waals surface area contributed by atoms with Gasteiger partial charge in [-0.3, -0.25) is 4.21 Å². The molecule has 162 valence electrons. The van der Waals surface area contributed by atoms with Gasteiger partial charge in [0.25, 0.3) is 10.0 Å². The first-order valence-electron chi connectivity index (χ1n) is 9.73. The van der Waals surface area contributed by atoms with Gasteiger partial charge in [0.2, 0.25) is 0 Å². The molecule has 0 aliphatic carbocycles. The third-order valence-corrected chi connectivity index (χ3v) is 8.07. The molecule has 1 heterocycles. The Hall–Kier alpha value is -2.16. The first kappa shape index (κ1) is 22.5. The minimum Gasteiger partial charge on any atom is -0.497 e. The maximum absolute atomic E-state index is 13.4. The number of aromatic nitrogens is 1. The van der Waals surface area contributed by atoms with Crippen molar-refractivity contribution in [3.8, 4) is 5.75 Å². The highest BCUT2D eigenvalue weighted by atomic mass is 32.2. The van der Waals surface area contributed by atoms with E-state index in [1.807, 2.05) is 31.1 Å². The molecule has 1 atom stereocenters. The fraction of sp³-hybridized carbons (Fsp3) is 0.364. The molecule has 0 aliphatic rings. The van der Waals surface area contributed by atoms with Crippen molar-refractivity contribution in [2.45, 2.75) is 29.6 Å². The standard InChI is InChI=1S/C22H28N2O4S2/c1-16(2)17-6-9-19(10-7-17)30(26,27)24-15-22(29(25)13-12-23(3)4)20-14-18(28-5)8-11-21(20)24/h6-11,14-16H,12-13H2,1-5H3. The summed E-state index contributed by atoms with van der Waals surface area (Å²) in [5, 5.41) is 0.619. The highest BCUT2D eigenvalue weighted by Gasteiger charge is 2.24. The quantitative estimate of drug-likeness (QED) is 0.526. The number of ether oxygens (including phenoxy) is 1. The molecule has 30 heavy (non-hydrogen) atoms. The Bertz CT molecular complexity index is 1160. The van der Waals surface area contributed by atoms with Crippen LogP contribution in [-0.4, -0.2) is 55.0 Å². The summed E-state index contributed by atoms with van der Waals surface area (Å²) in [6, 6.07) is 12.1. The number of benzene rings is 2. The lowest BCUT2D eigenvalue weighted by Gasteiger charge is -2.10. The van der Waals surface area contributed by atoms with Gasteiger partial charge in [-0.2, -0.15) is 0 Å². The zero-order valence-corrected chi connectivity index (χ0v) is 19.6. The van der Waals surface area contributed by atoms with Crippen molar-refractivity contribution in [2.24, 2.45) is 0 Å². The Kier molecular flexibility index (Phi) is 6.69. The second-order valence-electron chi connectivity index (χ2n) is 7.75. The lowest BCUT2D eigenvalue weighted by Crippen LogP contribution is -2.19. The molecule has 0 bridgehead atoms. The van der Waals surface area contributed by atoms with Crippen LogP contribution in [0.15, 0.2) is 58.5 Å². The average Bonchev–Trinajstić information content (AvgIpc) is 3.11. The van der Waals surface area contributed by atoms with Gasteiger partial charge in [-0.05, 0) is 55.9 Å². The molecule has 8 heteroatoms. The van der Waals surface area contributed by atoms with E-state index in [-0.39, 0.29) is 4.90 Å². The number of nitrogens with zero attached hydrogens (tertiary/aromatic N) is 2. The Morgan fingerprint density at radius 3 is 2.33 bits per heavy atom. The third kappa shape index (κ3) is 4.45. The van der Waals surface area contributed by atoms with E-state index in [1.165, 1.54) is 10.2 Å². The zero-order chi connectivity index (χ0) is 22.1. The van der Waals surface area contributed by atoms with Crippen LogP contribution in [0, 0.1) is 0 Å². The lowest BCUT2D eigenvalue weighted by atomic mass is 10.0. The molecule has 1 unspecified atom stereocenters. The first-order valence-corrected chi connectivity index (χ1v) is 12.5. The van der Waals surface area contributed by atoms with Gasteiger partial charge >= 0.3 is 0 Å². The SMILES string of the molecule is COc1ccc2c(c1)c(S(=O)CCN(C)C)cn2S(=O)(=O)c1ccc(C(C)C)cc1. The molecule has 0 saturated carbocycles. The molecular formula is C22H28N2O4S2. The number of rotatable bonds is 8. The predicted molar refractivity (Wildman–Crippen MR) is 121 cm³/mol. The van der Waals surface area contributed by atoms with E-state index in [4.69, 9.17) is 4.74 Å². The van der Waals surface area contributed by atoms with Crippen LogP contribution in [0.3, 0.4) is 0 Å². The van der Waals surface area contributed by atoms with Crippen LogP contribution in [0.2, 0.25) is 0 Å². The molecule has 0 radical (unpaired) electrons. The van der Waals surface area contributed by atoms with E-state index < -0.39 is 20.8 Å². The van der Waals surface area contributed by atoms with Crippen molar-refractivity contribution in [3.63, 3.8) is 0 Å². The van der Waals surface area contributed by atoms with Crippen molar-refractivity contribution in [1.29, 1.82) is 0 Å². The molecule has 6 nitrogen and oxygen atoms in total. The van der Waals surface area contributed by atoms with Gasteiger partial charge < -0.3 is 9.64 Å². The highest BCUT2D eigenvalue weighted by molar-refractivity contribution is 7.90. The molecule has 2 aromatic carbocycles. The molecule has 0 aliphatic heterocycles. The van der Waals surface area contributed by atoms with Gasteiger partial charge in [0, 0.05) is 23.9 Å². The minimum atomic E-state index is -3.84. The second-order valence-corrected chi connectivity index (χ2v) is 11.1. The molecule has 0 spiro atoms. The van der Waals surface area contributed by atoms with E-state index in [2.05, 4.69) is 13.8 Å². The Morgan fingerprint density at radius 1 is 1.10 bits per heavy atom. The summed E-state index contributed by atoms with van der Waals surface area (Å²) < 4.78 is 46.4. The summed E-state index contributed by atoms with van der Waals surface area (Å²) in [5.41, 5.74) is 1.55. The molecule has 3 aromatic rings. The minimum absolute atomic E-state index is 0.199. The summed E-state index contributed by atoms with van der Waals surface area (Å²) in [7, 11) is 0.180. The largest absolute Gasteiger partial charge is 0.497 e. The van der Waals surface area contributed by atoms with Crippen molar-refractivity contribution >= 4 is 31.7 Å². The lowest BCUT2D eigenvalue weighted by molar-refractivity contribution is 0.415. The summed E-state index contributed by atoms with van der Waals surface area (Å²) >= 11 is 0. The van der Waals surface area contributed by atoms with Crippen LogP contribution in [0.1, 0.15) is 25.3 Å². The zero-order valence-electron chi connectivity index (χ0n) is 18.0. The highest BCUT2D eigenvalue weighted by Crippen LogP contribution is 2.31. The Labute approximate surface area is 181 Å². The van der Waals surface area contributed by atoms with Crippen molar-refractivity contribution in [2.75, 3.05) is 33.5 Å². The van der Waals surface area contributed by atoms with Crippen molar-refractivity contribution in [3.05, 3.63) is 54.2 Å². The van der Waals surface area contributed by atoms with Crippen LogP contribution in [0.25, 0.3) is 10.9 Å². The molecular weight excluding hydrogens is 420 g/mol. The molecule has 1 aromatic heterocycles. The molecule has 0 amide bonds. The van der Waals surface area contributed by atoms with E-state index in [1.54, 1.807) is 37.4 Å². The van der Waals surface area contributed by atoms with E-state index in [0.29, 0.717) is 39.8 Å². The fourth-order valence-corrected chi connectivity index (χ4v) is 5.99. The van der Waals surface area contributed by atoms with Gasteiger partial charge in [-0.1, -0.05) is 26.0 Å². The number of fused-ring (bicyclic) bond motifs is 1. The smallest absolute Gasteiger partial charge is 0.268 e. The fourth-order valence-electron chi connectivity index (χ4n) is 3.17. The molecule has 0 fully saturated rings. The van der Waals surface area contributed by atoms with Crippen LogP contribution in [0.5, 0.6) is 5.75 Å². The van der Waals surface area contributed by atoms with Crippen LogP contribution < -0.4 is 4.74 Å². The first-order chi connectivity index (χ1) is 14.1. The Morgan fingerprint density at radius 2 is 1.77 bits per heavy atom. The summed E-state index contributed by atoms with van der Waals surface area (Å²) in [4.78, 5) is 2.64. The Balaban J connectivity index is 2.14. The van der Waals surface area contributed by atoms with Crippen molar-refractivity contribution < 1.29 is 17.4 Å². The number of hydrogen-bond donors (Lipinski definition) is 0. The van der Waals surface area contributed by atoms with Crippen LogP contribution >= 0.6 is 0 Å². The normalized spacial score (nSPS) is 13.3. The van der Waals surface area contributed by atoms with Gasteiger partial charge in [-0.25, -0.2) is 12.4 Å². The van der Waals surface area contributed by atoms with Gasteiger partial charge in [0.05, 0.1) is 33.2 Å². The average molecular weight is 449 g/mol. The van der Waals surface area contributed by atoms with Crippen LogP contribution in [-0.2, 0) is 20.8 Å². The van der Waals surface area contributed by atoms with Gasteiger partial charge in [0.1, 0.15) is 5.75 Å². The summed E-state index contributed by atoms with van der Waals surface area (Å²) in [5.74, 6) is 1.31. The van der Waals surface area contributed by atoms with Gasteiger partial charge in [-0.15, -0.1) is 0 Å². The predicted octanol–water partition coefficient (Wildman–Crippen LogP) is 3.68. The number of methoxy groups -OCH3 is 1. The van der Waals surface area contributed by atoms with Crippen molar-refractivity contribution in [1.82, 2.24) is 8.87 Å². The van der Waals surface area contributed by atoms with Crippen LogP contribution in [0.4, 0.5) is 0 Å². The summed E-state index contributed by atoms with van der Waals surface area (Å²) in [6.07, 6.45) is 1.49. The second kappa shape index (κ2) is 8.91. The monoisotopic (exact) mass is 448 g/mol. The molecule has 0 saturated heterocycles. The molecule has 3 rings (SSSR count). The van der Waals surface area contributed by atoms with Gasteiger partial charge in [0.15, 0.2) is 0 Å².